The quantitative estimate of drug-likeness (QED) is 0.491. The molecule has 0 atom stereocenters. The number of nitrogen functional groups attached to an aromatic ring is 1. The van der Waals surface area contributed by atoms with Crippen LogP contribution in [0.15, 0.2) is 79.6 Å². The van der Waals surface area contributed by atoms with Gasteiger partial charge in [0.05, 0.1) is 11.3 Å². The summed E-state index contributed by atoms with van der Waals surface area (Å²) in [4.78, 5) is 17.3. The van der Waals surface area contributed by atoms with Crippen molar-refractivity contribution in [3.8, 4) is 22.4 Å². The second-order valence-corrected chi connectivity index (χ2v) is 6.39. The monoisotopic (exact) mass is 380 g/mol. The zero-order valence-corrected chi connectivity index (χ0v) is 15.3. The summed E-state index contributed by atoms with van der Waals surface area (Å²) in [6.45, 7) is 0. The molecular formula is C21H16N8. The van der Waals surface area contributed by atoms with Gasteiger partial charge in [0.1, 0.15) is 12.1 Å². The molecular weight excluding hydrogens is 364 g/mol. The van der Waals surface area contributed by atoms with Gasteiger partial charge in [-0.1, -0.05) is 18.2 Å². The lowest BCUT2D eigenvalue weighted by Gasteiger charge is -2.06. The largest absolute Gasteiger partial charge is 0.382 e. The highest BCUT2D eigenvalue weighted by atomic mass is 15.3. The molecule has 0 spiro atoms. The van der Waals surface area contributed by atoms with E-state index in [1.807, 2.05) is 54.7 Å². The van der Waals surface area contributed by atoms with Crippen LogP contribution in [-0.4, -0.2) is 29.5 Å². The fourth-order valence-corrected chi connectivity index (χ4v) is 3.12. The summed E-state index contributed by atoms with van der Waals surface area (Å²) in [5.74, 6) is 1.02. The third kappa shape index (κ3) is 3.23. The molecule has 0 saturated heterocycles. The van der Waals surface area contributed by atoms with Crippen molar-refractivity contribution in [2.45, 2.75) is 0 Å². The van der Waals surface area contributed by atoms with Gasteiger partial charge in [0, 0.05) is 42.1 Å². The van der Waals surface area contributed by atoms with E-state index in [4.69, 9.17) is 5.73 Å². The number of benzene rings is 1. The van der Waals surface area contributed by atoms with Gasteiger partial charge in [-0.2, -0.15) is 0 Å². The predicted molar refractivity (Wildman–Crippen MR) is 111 cm³/mol. The van der Waals surface area contributed by atoms with Gasteiger partial charge in [-0.25, -0.2) is 19.5 Å². The Kier molecular flexibility index (Phi) is 4.06. The molecule has 5 aromatic rings. The average molecular weight is 380 g/mol. The van der Waals surface area contributed by atoms with Crippen LogP contribution in [0, 0.1) is 0 Å². The topological polar surface area (TPSA) is 107 Å². The Bertz CT molecular complexity index is 1280. The predicted octanol–water partition coefficient (Wildman–Crippen LogP) is 3.57. The standard InChI is InChI=1S/C21H16N8/c22-20-19(17-10-18(26-13-25-17)27-16-4-2-1-3-5-16)21-24-11-15(12-29(21)28-20)14-6-8-23-9-7-14/h1-13H,(H2,22,28)(H,25,26,27). The van der Waals surface area contributed by atoms with E-state index >= 15 is 0 Å². The molecule has 0 unspecified atom stereocenters. The molecule has 0 aliphatic heterocycles. The van der Waals surface area contributed by atoms with Crippen LogP contribution in [0.2, 0.25) is 0 Å². The van der Waals surface area contributed by atoms with E-state index in [1.54, 1.807) is 23.1 Å². The Hall–Kier alpha value is -4.33. The number of anilines is 3. The molecule has 5 rings (SSSR count). The average Bonchev–Trinajstić information content (AvgIpc) is 3.10. The molecule has 0 saturated carbocycles. The zero-order valence-electron chi connectivity index (χ0n) is 15.3. The highest BCUT2D eigenvalue weighted by molar-refractivity contribution is 5.85. The summed E-state index contributed by atoms with van der Waals surface area (Å²) in [5, 5.41) is 7.68. The minimum Gasteiger partial charge on any atom is -0.382 e. The molecule has 0 radical (unpaired) electrons. The molecule has 0 aliphatic carbocycles. The van der Waals surface area contributed by atoms with E-state index in [-0.39, 0.29) is 0 Å². The van der Waals surface area contributed by atoms with Crippen LogP contribution in [0.3, 0.4) is 0 Å². The number of para-hydroxylation sites is 1. The lowest BCUT2D eigenvalue weighted by atomic mass is 10.1. The molecule has 29 heavy (non-hydrogen) atoms. The van der Waals surface area contributed by atoms with Gasteiger partial charge in [0.25, 0.3) is 0 Å². The van der Waals surface area contributed by atoms with Crippen LogP contribution in [0.4, 0.5) is 17.3 Å². The van der Waals surface area contributed by atoms with Crippen LogP contribution in [0.25, 0.3) is 28.0 Å². The van der Waals surface area contributed by atoms with E-state index in [0.29, 0.717) is 28.5 Å². The van der Waals surface area contributed by atoms with Crippen molar-refractivity contribution in [2.75, 3.05) is 11.1 Å². The van der Waals surface area contributed by atoms with Crippen molar-refractivity contribution in [1.29, 1.82) is 0 Å². The molecule has 4 heterocycles. The first kappa shape index (κ1) is 16.8. The molecule has 1 aromatic carbocycles. The Labute approximate surface area is 166 Å². The van der Waals surface area contributed by atoms with Gasteiger partial charge in [0.2, 0.25) is 0 Å². The normalized spacial score (nSPS) is 10.9. The summed E-state index contributed by atoms with van der Waals surface area (Å²) in [6.07, 6.45) is 8.66. The number of rotatable bonds is 4. The summed E-state index contributed by atoms with van der Waals surface area (Å²) >= 11 is 0. The van der Waals surface area contributed by atoms with E-state index in [2.05, 4.69) is 30.4 Å². The summed E-state index contributed by atoms with van der Waals surface area (Å²) in [5.41, 5.74) is 11.0. The van der Waals surface area contributed by atoms with Crippen LogP contribution in [0.5, 0.6) is 0 Å². The summed E-state index contributed by atoms with van der Waals surface area (Å²) in [7, 11) is 0. The highest BCUT2D eigenvalue weighted by Gasteiger charge is 2.16. The van der Waals surface area contributed by atoms with Crippen molar-refractivity contribution in [3.63, 3.8) is 0 Å². The fourth-order valence-electron chi connectivity index (χ4n) is 3.12. The number of pyridine rings is 1. The Morgan fingerprint density at radius 1 is 0.897 bits per heavy atom. The van der Waals surface area contributed by atoms with Gasteiger partial charge in [-0.05, 0) is 29.8 Å². The van der Waals surface area contributed by atoms with Crippen molar-refractivity contribution < 1.29 is 0 Å². The zero-order chi connectivity index (χ0) is 19.6. The first-order valence-electron chi connectivity index (χ1n) is 8.97. The Balaban J connectivity index is 1.55. The Morgan fingerprint density at radius 3 is 2.55 bits per heavy atom. The van der Waals surface area contributed by atoms with Crippen LogP contribution in [0.1, 0.15) is 0 Å². The molecule has 8 nitrogen and oxygen atoms in total. The van der Waals surface area contributed by atoms with Crippen LogP contribution in [-0.2, 0) is 0 Å². The first-order valence-corrected chi connectivity index (χ1v) is 8.97. The number of nitrogens with zero attached hydrogens (tertiary/aromatic N) is 6. The number of fused-ring (bicyclic) bond motifs is 1. The molecule has 0 amide bonds. The van der Waals surface area contributed by atoms with Gasteiger partial charge >= 0.3 is 0 Å². The molecule has 0 bridgehead atoms. The molecule has 8 heteroatoms. The number of hydrogen-bond donors (Lipinski definition) is 2. The molecule has 0 fully saturated rings. The van der Waals surface area contributed by atoms with E-state index in [1.165, 1.54) is 6.33 Å². The number of nitrogens with one attached hydrogen (secondary N) is 1. The molecule has 0 aliphatic rings. The lowest BCUT2D eigenvalue weighted by molar-refractivity contribution is 0.947. The van der Waals surface area contributed by atoms with Crippen LogP contribution >= 0.6 is 0 Å². The second kappa shape index (κ2) is 7.01. The van der Waals surface area contributed by atoms with Crippen molar-refractivity contribution in [1.82, 2.24) is 29.5 Å². The van der Waals surface area contributed by atoms with Gasteiger partial charge in [-0.15, -0.1) is 5.10 Å². The first-order chi connectivity index (χ1) is 14.3. The third-order valence-electron chi connectivity index (χ3n) is 4.48. The van der Waals surface area contributed by atoms with E-state index in [9.17, 15) is 0 Å². The number of hydrogen-bond acceptors (Lipinski definition) is 7. The van der Waals surface area contributed by atoms with E-state index < -0.39 is 0 Å². The van der Waals surface area contributed by atoms with Gasteiger partial charge in [0.15, 0.2) is 11.5 Å². The van der Waals surface area contributed by atoms with Crippen molar-refractivity contribution >= 4 is 23.0 Å². The minimum absolute atomic E-state index is 0.355. The smallest absolute Gasteiger partial charge is 0.166 e. The SMILES string of the molecule is Nc1nn2cc(-c3ccncc3)cnc2c1-c1cc(Nc2ccccc2)ncn1. The number of aromatic nitrogens is 6. The molecule has 140 valence electrons. The third-order valence-corrected chi connectivity index (χ3v) is 4.48. The Morgan fingerprint density at radius 2 is 1.72 bits per heavy atom. The molecule has 3 N–H and O–H groups in total. The van der Waals surface area contributed by atoms with E-state index in [0.717, 1.165) is 16.8 Å². The van der Waals surface area contributed by atoms with Gasteiger partial charge in [-0.3, -0.25) is 4.98 Å². The maximum Gasteiger partial charge on any atom is 0.166 e. The number of nitrogens with two attached hydrogens (primary N) is 1. The maximum absolute atomic E-state index is 6.21. The lowest BCUT2D eigenvalue weighted by Crippen LogP contribution is -1.97. The summed E-state index contributed by atoms with van der Waals surface area (Å²) < 4.78 is 1.67. The van der Waals surface area contributed by atoms with Gasteiger partial charge < -0.3 is 11.1 Å². The summed E-state index contributed by atoms with van der Waals surface area (Å²) in [6, 6.07) is 15.5. The minimum atomic E-state index is 0.355. The molecule has 4 aromatic heterocycles. The maximum atomic E-state index is 6.21. The fraction of sp³-hybridized carbons (Fsp3) is 0. The second-order valence-electron chi connectivity index (χ2n) is 6.39. The van der Waals surface area contributed by atoms with Crippen molar-refractivity contribution in [3.05, 3.63) is 79.6 Å². The highest BCUT2D eigenvalue weighted by Crippen LogP contribution is 2.30. The van der Waals surface area contributed by atoms with Crippen molar-refractivity contribution in [2.24, 2.45) is 0 Å². The van der Waals surface area contributed by atoms with Crippen LogP contribution < -0.4 is 11.1 Å².